The van der Waals surface area contributed by atoms with E-state index in [1.165, 1.54) is 38.5 Å². The Morgan fingerprint density at radius 1 is 0.897 bits per heavy atom. The monoisotopic (exact) mass is 398 g/mol. The number of hydrogen-bond acceptors (Lipinski definition) is 3. The van der Waals surface area contributed by atoms with E-state index >= 15 is 0 Å². The molecule has 0 aromatic heterocycles. The van der Waals surface area contributed by atoms with Crippen molar-refractivity contribution in [3.05, 3.63) is 29.8 Å². The average Bonchev–Trinajstić information content (AvgIpc) is 2.64. The van der Waals surface area contributed by atoms with Gasteiger partial charge in [0.05, 0.1) is 6.54 Å². The Kier molecular flexibility index (Phi) is 5.48. The maximum Gasteiger partial charge on any atom is 0.316 e. The van der Waals surface area contributed by atoms with Crippen molar-refractivity contribution < 1.29 is 14.4 Å². The van der Waals surface area contributed by atoms with Gasteiger partial charge >= 0.3 is 6.03 Å². The second-order valence-corrected chi connectivity index (χ2v) is 9.33. The first-order valence-corrected chi connectivity index (χ1v) is 10.6. The maximum absolute atomic E-state index is 12.5. The summed E-state index contributed by atoms with van der Waals surface area (Å²) in [7, 11) is 0. The molecular formula is C22H30N4O3. The van der Waals surface area contributed by atoms with Crippen molar-refractivity contribution in [3.63, 3.8) is 0 Å². The largest absolute Gasteiger partial charge is 0.351 e. The van der Waals surface area contributed by atoms with E-state index < -0.39 is 6.03 Å². The quantitative estimate of drug-likeness (QED) is 0.566. The van der Waals surface area contributed by atoms with Crippen LogP contribution >= 0.6 is 0 Å². The molecule has 4 aliphatic carbocycles. The number of urea groups is 1. The van der Waals surface area contributed by atoms with E-state index in [-0.39, 0.29) is 23.8 Å². The van der Waals surface area contributed by atoms with Gasteiger partial charge in [-0.1, -0.05) is 12.1 Å². The van der Waals surface area contributed by atoms with Crippen molar-refractivity contribution >= 4 is 23.5 Å². The van der Waals surface area contributed by atoms with E-state index in [0.29, 0.717) is 18.7 Å². The third kappa shape index (κ3) is 4.89. The molecule has 7 nitrogen and oxygen atoms in total. The molecule has 0 spiro atoms. The molecule has 4 aliphatic rings. The standard InChI is InChI=1S/C22H30N4O3/c23-21(29)26-18-3-1-14(2-4-18)12-24-20(28)13-25-19(27)11-22-8-15-5-16(9-22)7-17(6-15)10-22/h1-4,15-17H,5-13H2,(H,24,28)(H,25,27)(H3,23,26,29). The first-order chi connectivity index (χ1) is 13.9. The zero-order chi connectivity index (χ0) is 20.4. The Bertz CT molecular complexity index is 754. The summed E-state index contributed by atoms with van der Waals surface area (Å²) in [6.07, 6.45) is 8.24. The molecule has 1 aromatic carbocycles. The van der Waals surface area contributed by atoms with E-state index in [1.807, 2.05) is 0 Å². The molecule has 0 atom stereocenters. The topological polar surface area (TPSA) is 113 Å². The Balaban J connectivity index is 1.19. The van der Waals surface area contributed by atoms with E-state index in [2.05, 4.69) is 16.0 Å². The van der Waals surface area contributed by atoms with Crippen LogP contribution in [0.15, 0.2) is 24.3 Å². The van der Waals surface area contributed by atoms with E-state index in [0.717, 1.165) is 23.3 Å². The average molecular weight is 399 g/mol. The lowest BCUT2D eigenvalue weighted by atomic mass is 9.49. The number of anilines is 1. The molecule has 4 fully saturated rings. The highest BCUT2D eigenvalue weighted by molar-refractivity contribution is 5.87. The molecule has 1 aromatic rings. The number of rotatable bonds is 7. The van der Waals surface area contributed by atoms with Crippen LogP contribution < -0.4 is 21.7 Å². The van der Waals surface area contributed by atoms with Crippen molar-refractivity contribution in [2.24, 2.45) is 28.9 Å². The number of nitrogens with one attached hydrogen (secondary N) is 3. The van der Waals surface area contributed by atoms with E-state index in [4.69, 9.17) is 5.73 Å². The fourth-order valence-corrected chi connectivity index (χ4v) is 6.20. The van der Waals surface area contributed by atoms with Gasteiger partial charge in [-0.15, -0.1) is 0 Å². The molecule has 5 N–H and O–H groups in total. The van der Waals surface area contributed by atoms with Crippen LogP contribution in [0.1, 0.15) is 50.5 Å². The van der Waals surface area contributed by atoms with Crippen molar-refractivity contribution in [2.75, 3.05) is 11.9 Å². The molecule has 4 amide bonds. The van der Waals surface area contributed by atoms with Gasteiger partial charge in [0.25, 0.3) is 0 Å². The molecule has 5 rings (SSSR count). The minimum absolute atomic E-state index is 0.00368. The number of nitrogens with two attached hydrogens (primary N) is 1. The van der Waals surface area contributed by atoms with Crippen molar-refractivity contribution in [1.29, 1.82) is 0 Å². The van der Waals surface area contributed by atoms with Crippen LogP contribution in [0.4, 0.5) is 10.5 Å². The Hall–Kier alpha value is -2.57. The molecule has 7 heteroatoms. The third-order valence-electron chi connectivity index (χ3n) is 6.86. The second-order valence-electron chi connectivity index (χ2n) is 9.33. The summed E-state index contributed by atoms with van der Waals surface area (Å²) in [5.74, 6) is 2.26. The van der Waals surface area contributed by atoms with E-state index in [1.54, 1.807) is 24.3 Å². The Morgan fingerprint density at radius 2 is 1.48 bits per heavy atom. The summed E-state index contributed by atoms with van der Waals surface area (Å²) in [4.78, 5) is 35.4. The minimum atomic E-state index is -0.615. The summed E-state index contributed by atoms with van der Waals surface area (Å²) in [6, 6.07) is 6.43. The number of hydrogen-bond donors (Lipinski definition) is 4. The highest BCUT2D eigenvalue weighted by Gasteiger charge is 2.51. The van der Waals surface area contributed by atoms with Gasteiger partial charge in [0.2, 0.25) is 11.8 Å². The number of primary amides is 1. The predicted octanol–water partition coefficient (Wildman–Crippen LogP) is 2.52. The summed E-state index contributed by atoms with van der Waals surface area (Å²) in [5, 5.41) is 8.11. The van der Waals surface area contributed by atoms with Crippen LogP contribution in [0.25, 0.3) is 0 Å². The molecule has 4 saturated carbocycles. The molecular weight excluding hydrogens is 368 g/mol. The fraction of sp³-hybridized carbons (Fsp3) is 0.591. The molecule has 0 unspecified atom stereocenters. The smallest absolute Gasteiger partial charge is 0.316 e. The zero-order valence-electron chi connectivity index (χ0n) is 16.7. The Morgan fingerprint density at radius 3 is 2.03 bits per heavy atom. The third-order valence-corrected chi connectivity index (χ3v) is 6.86. The van der Waals surface area contributed by atoms with Gasteiger partial charge in [-0.3, -0.25) is 9.59 Å². The summed E-state index contributed by atoms with van der Waals surface area (Å²) in [5.41, 5.74) is 6.76. The summed E-state index contributed by atoms with van der Waals surface area (Å²) in [6.45, 7) is 0.368. The highest BCUT2D eigenvalue weighted by atomic mass is 16.2. The highest BCUT2D eigenvalue weighted by Crippen LogP contribution is 2.61. The molecule has 4 bridgehead atoms. The minimum Gasteiger partial charge on any atom is -0.351 e. The van der Waals surface area contributed by atoms with Crippen molar-refractivity contribution in [1.82, 2.24) is 10.6 Å². The van der Waals surface area contributed by atoms with Gasteiger partial charge in [-0.05, 0) is 79.4 Å². The van der Waals surface area contributed by atoms with Gasteiger partial charge in [0.1, 0.15) is 0 Å². The lowest BCUT2D eigenvalue weighted by Crippen LogP contribution is -2.48. The predicted molar refractivity (Wildman–Crippen MR) is 110 cm³/mol. The summed E-state index contributed by atoms with van der Waals surface area (Å²) < 4.78 is 0. The SMILES string of the molecule is NC(=O)Nc1ccc(CNC(=O)CNC(=O)CC23CC4CC(CC(C4)C2)C3)cc1. The number of amides is 4. The first-order valence-electron chi connectivity index (χ1n) is 10.6. The van der Waals surface area contributed by atoms with Crippen LogP contribution in [0.2, 0.25) is 0 Å². The first kappa shape index (κ1) is 19.7. The van der Waals surface area contributed by atoms with Gasteiger partial charge in [-0.25, -0.2) is 4.79 Å². The van der Waals surface area contributed by atoms with E-state index in [9.17, 15) is 14.4 Å². The lowest BCUT2D eigenvalue weighted by molar-refractivity contribution is -0.131. The lowest BCUT2D eigenvalue weighted by Gasteiger charge is -2.56. The van der Waals surface area contributed by atoms with Crippen molar-refractivity contribution in [2.45, 2.75) is 51.5 Å². The molecule has 0 heterocycles. The molecule has 0 saturated heterocycles. The van der Waals surface area contributed by atoms with Crippen molar-refractivity contribution in [3.8, 4) is 0 Å². The van der Waals surface area contributed by atoms with Crippen LogP contribution in [0.5, 0.6) is 0 Å². The van der Waals surface area contributed by atoms with Gasteiger partial charge in [0.15, 0.2) is 0 Å². The van der Waals surface area contributed by atoms with Gasteiger partial charge in [-0.2, -0.15) is 0 Å². The molecule has 0 aliphatic heterocycles. The van der Waals surface area contributed by atoms with Crippen LogP contribution in [0.3, 0.4) is 0 Å². The maximum atomic E-state index is 12.5. The molecule has 156 valence electrons. The van der Waals surface area contributed by atoms with Crippen LogP contribution in [-0.2, 0) is 16.1 Å². The number of carbonyl (C=O) groups is 3. The number of benzene rings is 1. The fourth-order valence-electron chi connectivity index (χ4n) is 6.20. The summed E-state index contributed by atoms with van der Waals surface area (Å²) >= 11 is 0. The van der Waals surface area contributed by atoms with Crippen LogP contribution in [0, 0.1) is 23.2 Å². The number of carbonyl (C=O) groups excluding carboxylic acids is 3. The van der Waals surface area contributed by atoms with Crippen LogP contribution in [-0.4, -0.2) is 24.4 Å². The van der Waals surface area contributed by atoms with Gasteiger partial charge in [0, 0.05) is 18.7 Å². The Labute approximate surface area is 171 Å². The second kappa shape index (κ2) is 8.05. The molecule has 29 heavy (non-hydrogen) atoms. The molecule has 0 radical (unpaired) electrons. The zero-order valence-corrected chi connectivity index (χ0v) is 16.7. The normalized spacial score (nSPS) is 29.3. The van der Waals surface area contributed by atoms with Gasteiger partial charge < -0.3 is 21.7 Å².